The first-order chi connectivity index (χ1) is 6.48. The van der Waals surface area contributed by atoms with Crippen molar-refractivity contribution in [2.24, 2.45) is 10.9 Å². The van der Waals surface area contributed by atoms with Crippen LogP contribution >= 0.6 is 0 Å². The van der Waals surface area contributed by atoms with Crippen molar-refractivity contribution < 1.29 is 8.42 Å². The molecule has 4 nitrogen and oxygen atoms in total. The Bertz CT molecular complexity index is 468. The van der Waals surface area contributed by atoms with Gasteiger partial charge >= 0.3 is 0 Å². The number of benzene rings is 1. The number of fused-ring (bicyclic) bond motifs is 1. The van der Waals surface area contributed by atoms with Gasteiger partial charge in [-0.3, -0.25) is 0 Å². The lowest BCUT2D eigenvalue weighted by Gasteiger charge is -2.06. The van der Waals surface area contributed by atoms with Crippen LogP contribution < -0.4 is 10.9 Å². The van der Waals surface area contributed by atoms with E-state index in [9.17, 15) is 8.42 Å². The number of hydrogen-bond donors (Lipinski definition) is 2. The van der Waals surface area contributed by atoms with Gasteiger partial charge in [-0.15, -0.1) is 0 Å². The monoisotopic (exact) mass is 212 g/mol. The predicted octanol–water partition coefficient (Wildman–Crippen LogP) is 0.280. The van der Waals surface area contributed by atoms with Crippen molar-refractivity contribution in [1.29, 1.82) is 0 Å². The van der Waals surface area contributed by atoms with E-state index in [1.165, 1.54) is 6.07 Å². The average Bonchev–Trinajstić information content (AvgIpc) is 2.46. The van der Waals surface area contributed by atoms with Gasteiger partial charge in [0.15, 0.2) is 0 Å². The molecule has 76 valence electrons. The predicted molar refractivity (Wildman–Crippen MR) is 53.1 cm³/mol. The highest BCUT2D eigenvalue weighted by atomic mass is 32.2. The molecule has 0 saturated carbocycles. The minimum Gasteiger partial charge on any atom is -0.324 e. The molecule has 0 bridgehead atoms. The molecule has 5 heteroatoms. The molecule has 1 aliphatic rings. The number of sulfonamides is 1. The molecule has 1 aromatic rings. The largest absolute Gasteiger partial charge is 0.324 e. The van der Waals surface area contributed by atoms with Crippen LogP contribution in [-0.4, -0.2) is 8.42 Å². The Morgan fingerprint density at radius 2 is 2.07 bits per heavy atom. The van der Waals surface area contributed by atoms with Crippen LogP contribution in [-0.2, 0) is 16.4 Å². The first kappa shape index (κ1) is 9.64. The normalized spacial score (nSPS) is 20.9. The summed E-state index contributed by atoms with van der Waals surface area (Å²) in [4.78, 5) is 0.147. The van der Waals surface area contributed by atoms with E-state index in [0.717, 1.165) is 24.0 Å². The van der Waals surface area contributed by atoms with Gasteiger partial charge in [-0.2, -0.15) is 0 Å². The second-order valence-corrected chi connectivity index (χ2v) is 5.11. The minimum absolute atomic E-state index is 0.0494. The van der Waals surface area contributed by atoms with Crippen LogP contribution in [0.25, 0.3) is 0 Å². The Balaban J connectivity index is 2.56. The molecule has 0 saturated heterocycles. The third-order valence-electron chi connectivity index (χ3n) is 2.57. The molecule has 2 rings (SSSR count). The Kier molecular flexibility index (Phi) is 2.10. The van der Waals surface area contributed by atoms with Gasteiger partial charge in [-0.25, -0.2) is 13.6 Å². The molecule has 0 aromatic heterocycles. The van der Waals surface area contributed by atoms with E-state index in [4.69, 9.17) is 10.9 Å². The Hall–Kier alpha value is -0.910. The van der Waals surface area contributed by atoms with Gasteiger partial charge in [-0.1, -0.05) is 6.07 Å². The van der Waals surface area contributed by atoms with E-state index < -0.39 is 10.0 Å². The number of hydrogen-bond acceptors (Lipinski definition) is 3. The molecule has 0 unspecified atom stereocenters. The molecular formula is C9H12N2O2S. The smallest absolute Gasteiger partial charge is 0.238 e. The average molecular weight is 212 g/mol. The standard InChI is InChI=1S/C9H12N2O2S/c10-9-4-2-6-1-3-7(5-8(6)9)14(11,12)13/h1,3,5,9H,2,4,10H2,(H2,11,12,13)/t9-/m0/s1. The Morgan fingerprint density at radius 3 is 2.71 bits per heavy atom. The van der Waals surface area contributed by atoms with Crippen molar-refractivity contribution >= 4 is 10.0 Å². The molecule has 0 radical (unpaired) electrons. The Morgan fingerprint density at radius 1 is 1.36 bits per heavy atom. The molecule has 14 heavy (non-hydrogen) atoms. The molecule has 0 heterocycles. The van der Waals surface area contributed by atoms with Crippen molar-refractivity contribution in [3.05, 3.63) is 29.3 Å². The van der Waals surface area contributed by atoms with Gasteiger partial charge in [-0.05, 0) is 36.1 Å². The van der Waals surface area contributed by atoms with Crippen molar-refractivity contribution in [1.82, 2.24) is 0 Å². The molecule has 4 N–H and O–H groups in total. The van der Waals surface area contributed by atoms with Gasteiger partial charge in [0.25, 0.3) is 0 Å². The third kappa shape index (κ3) is 1.54. The summed E-state index contributed by atoms with van der Waals surface area (Å²) >= 11 is 0. The highest BCUT2D eigenvalue weighted by Gasteiger charge is 2.20. The van der Waals surface area contributed by atoms with Crippen LogP contribution in [0.1, 0.15) is 23.6 Å². The minimum atomic E-state index is -3.60. The van der Waals surface area contributed by atoms with E-state index in [-0.39, 0.29) is 10.9 Å². The summed E-state index contributed by atoms with van der Waals surface area (Å²) in [5, 5.41) is 5.03. The zero-order valence-electron chi connectivity index (χ0n) is 7.60. The number of aryl methyl sites for hydroxylation is 1. The zero-order chi connectivity index (χ0) is 10.3. The highest BCUT2D eigenvalue weighted by Crippen LogP contribution is 2.30. The summed E-state index contributed by atoms with van der Waals surface area (Å²) in [5.74, 6) is 0. The lowest BCUT2D eigenvalue weighted by Crippen LogP contribution is -2.13. The summed E-state index contributed by atoms with van der Waals surface area (Å²) in [6.07, 6.45) is 1.80. The quantitative estimate of drug-likeness (QED) is 0.701. The van der Waals surface area contributed by atoms with Crippen molar-refractivity contribution in [3.63, 3.8) is 0 Å². The van der Waals surface area contributed by atoms with Crippen LogP contribution in [0.3, 0.4) is 0 Å². The van der Waals surface area contributed by atoms with Gasteiger partial charge in [0.2, 0.25) is 10.0 Å². The van der Waals surface area contributed by atoms with E-state index in [0.29, 0.717) is 0 Å². The molecule has 0 aliphatic heterocycles. The molecule has 0 amide bonds. The molecular weight excluding hydrogens is 200 g/mol. The van der Waals surface area contributed by atoms with Crippen LogP contribution in [0.15, 0.2) is 23.1 Å². The summed E-state index contributed by atoms with van der Waals surface area (Å²) < 4.78 is 22.2. The van der Waals surface area contributed by atoms with E-state index >= 15 is 0 Å². The van der Waals surface area contributed by atoms with Crippen LogP contribution in [0.4, 0.5) is 0 Å². The third-order valence-corrected chi connectivity index (χ3v) is 3.48. The SMILES string of the molecule is N[C@H]1CCc2ccc(S(N)(=O)=O)cc21. The second kappa shape index (κ2) is 3.05. The van der Waals surface area contributed by atoms with E-state index in [2.05, 4.69) is 0 Å². The van der Waals surface area contributed by atoms with Crippen molar-refractivity contribution in [2.45, 2.75) is 23.8 Å². The van der Waals surface area contributed by atoms with E-state index in [1.54, 1.807) is 12.1 Å². The van der Waals surface area contributed by atoms with Gasteiger partial charge in [0, 0.05) is 6.04 Å². The molecule has 0 fully saturated rings. The maximum absolute atomic E-state index is 11.1. The number of nitrogens with two attached hydrogens (primary N) is 2. The fraction of sp³-hybridized carbons (Fsp3) is 0.333. The maximum Gasteiger partial charge on any atom is 0.238 e. The summed E-state index contributed by atoms with van der Waals surface area (Å²) in [6, 6.07) is 4.86. The van der Waals surface area contributed by atoms with E-state index in [1.807, 2.05) is 0 Å². The topological polar surface area (TPSA) is 86.2 Å². The zero-order valence-corrected chi connectivity index (χ0v) is 8.42. The Labute approximate surface area is 83.0 Å². The maximum atomic E-state index is 11.1. The van der Waals surface area contributed by atoms with Gasteiger partial charge < -0.3 is 5.73 Å². The number of rotatable bonds is 1. The summed E-state index contributed by atoms with van der Waals surface area (Å²) in [5.41, 5.74) is 7.87. The first-order valence-electron chi connectivity index (χ1n) is 4.40. The molecule has 1 aromatic carbocycles. The second-order valence-electron chi connectivity index (χ2n) is 3.55. The highest BCUT2D eigenvalue weighted by molar-refractivity contribution is 7.89. The van der Waals surface area contributed by atoms with Gasteiger partial charge in [0.1, 0.15) is 0 Å². The molecule has 0 spiro atoms. The summed E-state index contributed by atoms with van der Waals surface area (Å²) in [7, 11) is -3.60. The van der Waals surface area contributed by atoms with Crippen LogP contribution in [0.5, 0.6) is 0 Å². The van der Waals surface area contributed by atoms with Crippen LogP contribution in [0.2, 0.25) is 0 Å². The molecule has 1 aliphatic carbocycles. The number of primary sulfonamides is 1. The first-order valence-corrected chi connectivity index (χ1v) is 5.94. The van der Waals surface area contributed by atoms with Crippen molar-refractivity contribution in [2.75, 3.05) is 0 Å². The van der Waals surface area contributed by atoms with Gasteiger partial charge in [0.05, 0.1) is 4.90 Å². The molecule has 1 atom stereocenters. The fourth-order valence-electron chi connectivity index (χ4n) is 1.79. The summed E-state index contributed by atoms with van der Waals surface area (Å²) in [6.45, 7) is 0. The van der Waals surface area contributed by atoms with Crippen molar-refractivity contribution in [3.8, 4) is 0 Å². The van der Waals surface area contributed by atoms with Crippen LogP contribution in [0, 0.1) is 0 Å². The lowest BCUT2D eigenvalue weighted by atomic mass is 10.1. The fourth-order valence-corrected chi connectivity index (χ4v) is 2.34. The lowest BCUT2D eigenvalue weighted by molar-refractivity contribution is 0.597.